The van der Waals surface area contributed by atoms with Gasteiger partial charge in [0.15, 0.2) is 0 Å². The first-order chi connectivity index (χ1) is 16.2. The lowest BCUT2D eigenvalue weighted by Gasteiger charge is -2.23. The Hall–Kier alpha value is -2.88. The van der Waals surface area contributed by atoms with Gasteiger partial charge in [0.1, 0.15) is 0 Å². The van der Waals surface area contributed by atoms with Crippen LogP contribution in [0.5, 0.6) is 0 Å². The van der Waals surface area contributed by atoms with Crippen molar-refractivity contribution in [1.82, 2.24) is 9.88 Å². The summed E-state index contributed by atoms with van der Waals surface area (Å²) < 4.78 is 0. The Labute approximate surface area is 202 Å². The number of hydrogen-bond acceptors (Lipinski definition) is 3. The van der Waals surface area contributed by atoms with Crippen molar-refractivity contribution >= 4 is 28.2 Å². The highest BCUT2D eigenvalue weighted by molar-refractivity contribution is 6.31. The van der Waals surface area contributed by atoms with E-state index in [1.807, 2.05) is 30.5 Å². The van der Waals surface area contributed by atoms with Crippen LogP contribution in [0.2, 0.25) is 5.02 Å². The fraction of sp³-hybridized carbons (Fsp3) is 0.276. The molecular formula is C29H32ClN3. The summed E-state index contributed by atoms with van der Waals surface area (Å²) >= 11 is 6.11. The standard InChI is InChI=1S/C29H32ClN3/c1-2-23-10-12-25(13-11-23)22-33(21-24-8-4-3-5-9-24)19-7-6-17-31-28-16-18-32-29-20-26(30)14-15-27(28)29/h3-5,8-16,18,20H,2,6-7,17,19,21-22H2,1H3,(H,31,32). The molecule has 0 radical (unpaired) electrons. The fourth-order valence-corrected chi connectivity index (χ4v) is 4.32. The van der Waals surface area contributed by atoms with E-state index in [1.165, 1.54) is 16.7 Å². The highest BCUT2D eigenvalue weighted by atomic mass is 35.5. The SMILES string of the molecule is CCc1ccc(CN(CCCCNc2ccnc3cc(Cl)ccc23)Cc2ccccc2)cc1. The molecule has 0 amide bonds. The summed E-state index contributed by atoms with van der Waals surface area (Å²) in [6, 6.07) is 27.7. The third-order valence-electron chi connectivity index (χ3n) is 6.01. The van der Waals surface area contributed by atoms with E-state index in [1.54, 1.807) is 0 Å². The van der Waals surface area contributed by atoms with Gasteiger partial charge < -0.3 is 5.32 Å². The number of aromatic nitrogens is 1. The van der Waals surface area contributed by atoms with E-state index in [9.17, 15) is 0 Å². The Bertz CT molecular complexity index is 1140. The van der Waals surface area contributed by atoms with Gasteiger partial charge in [-0.05, 0) is 66.8 Å². The summed E-state index contributed by atoms with van der Waals surface area (Å²) in [5.74, 6) is 0. The second-order valence-electron chi connectivity index (χ2n) is 8.52. The summed E-state index contributed by atoms with van der Waals surface area (Å²) in [6.07, 6.45) is 5.17. The van der Waals surface area contributed by atoms with Gasteiger partial charge in [-0.1, -0.05) is 73.1 Å². The van der Waals surface area contributed by atoms with E-state index in [2.05, 4.69) is 76.7 Å². The van der Waals surface area contributed by atoms with Crippen LogP contribution in [0.4, 0.5) is 5.69 Å². The molecule has 1 N–H and O–H groups in total. The van der Waals surface area contributed by atoms with E-state index >= 15 is 0 Å². The maximum atomic E-state index is 6.11. The van der Waals surface area contributed by atoms with Gasteiger partial charge in [0, 0.05) is 41.9 Å². The molecule has 4 heteroatoms. The zero-order valence-electron chi connectivity index (χ0n) is 19.3. The second kappa shape index (κ2) is 11.8. The molecule has 170 valence electrons. The van der Waals surface area contributed by atoms with Crippen LogP contribution in [0.25, 0.3) is 10.9 Å². The minimum absolute atomic E-state index is 0.718. The van der Waals surface area contributed by atoms with E-state index in [4.69, 9.17) is 11.6 Å². The summed E-state index contributed by atoms with van der Waals surface area (Å²) in [5.41, 5.74) is 6.18. The molecule has 0 spiro atoms. The number of benzene rings is 3. The van der Waals surface area contributed by atoms with Crippen molar-refractivity contribution < 1.29 is 0 Å². The van der Waals surface area contributed by atoms with Crippen molar-refractivity contribution in [2.75, 3.05) is 18.4 Å². The van der Waals surface area contributed by atoms with Gasteiger partial charge in [0.25, 0.3) is 0 Å². The number of nitrogens with zero attached hydrogens (tertiary/aromatic N) is 2. The lowest BCUT2D eigenvalue weighted by molar-refractivity contribution is 0.252. The Balaban J connectivity index is 1.32. The largest absolute Gasteiger partial charge is 0.384 e. The van der Waals surface area contributed by atoms with Gasteiger partial charge in [-0.25, -0.2) is 0 Å². The number of fused-ring (bicyclic) bond motifs is 1. The predicted molar refractivity (Wildman–Crippen MR) is 141 cm³/mol. The van der Waals surface area contributed by atoms with Gasteiger partial charge in [-0.2, -0.15) is 0 Å². The molecule has 3 aromatic carbocycles. The lowest BCUT2D eigenvalue weighted by atomic mass is 10.1. The van der Waals surface area contributed by atoms with Crippen molar-refractivity contribution in [3.8, 4) is 0 Å². The molecule has 4 aromatic rings. The van der Waals surface area contributed by atoms with Crippen molar-refractivity contribution in [2.45, 2.75) is 39.3 Å². The van der Waals surface area contributed by atoms with Gasteiger partial charge in [-0.15, -0.1) is 0 Å². The highest BCUT2D eigenvalue weighted by Gasteiger charge is 2.08. The van der Waals surface area contributed by atoms with Crippen LogP contribution in [-0.2, 0) is 19.5 Å². The number of pyridine rings is 1. The molecular weight excluding hydrogens is 426 g/mol. The number of halogens is 1. The Morgan fingerprint density at radius 1 is 0.818 bits per heavy atom. The lowest BCUT2D eigenvalue weighted by Crippen LogP contribution is -2.24. The summed E-state index contributed by atoms with van der Waals surface area (Å²) in [5, 5.41) is 5.42. The molecule has 0 saturated carbocycles. The van der Waals surface area contributed by atoms with Crippen LogP contribution < -0.4 is 5.32 Å². The van der Waals surface area contributed by atoms with Crippen LogP contribution in [0.15, 0.2) is 85.1 Å². The first kappa shape index (κ1) is 23.3. The Kier molecular flexibility index (Phi) is 8.35. The van der Waals surface area contributed by atoms with Crippen molar-refractivity contribution in [3.05, 3.63) is 107 Å². The predicted octanol–water partition coefficient (Wildman–Crippen LogP) is 7.35. The van der Waals surface area contributed by atoms with Gasteiger partial charge >= 0.3 is 0 Å². The maximum absolute atomic E-state index is 6.11. The molecule has 4 rings (SSSR count). The third kappa shape index (κ3) is 6.80. The number of rotatable bonds is 11. The van der Waals surface area contributed by atoms with Crippen LogP contribution in [-0.4, -0.2) is 23.0 Å². The first-order valence-corrected chi connectivity index (χ1v) is 12.2. The second-order valence-corrected chi connectivity index (χ2v) is 8.96. The molecule has 33 heavy (non-hydrogen) atoms. The number of nitrogens with one attached hydrogen (secondary N) is 1. The molecule has 0 atom stereocenters. The van der Waals surface area contributed by atoms with Gasteiger partial charge in [-0.3, -0.25) is 9.88 Å². The number of hydrogen-bond donors (Lipinski definition) is 1. The van der Waals surface area contributed by atoms with Crippen molar-refractivity contribution in [2.24, 2.45) is 0 Å². The average molecular weight is 458 g/mol. The normalized spacial score (nSPS) is 11.2. The van der Waals surface area contributed by atoms with E-state index in [0.29, 0.717) is 0 Å². The molecule has 0 saturated heterocycles. The average Bonchev–Trinajstić information content (AvgIpc) is 2.84. The Morgan fingerprint density at radius 2 is 1.55 bits per heavy atom. The van der Waals surface area contributed by atoms with E-state index < -0.39 is 0 Å². The molecule has 1 aromatic heterocycles. The molecule has 0 aliphatic heterocycles. The molecule has 0 aliphatic carbocycles. The summed E-state index contributed by atoms with van der Waals surface area (Å²) in [7, 11) is 0. The molecule has 0 fully saturated rings. The van der Waals surface area contributed by atoms with Crippen LogP contribution in [0, 0.1) is 0 Å². The number of unbranched alkanes of at least 4 members (excludes halogenated alkanes) is 1. The van der Waals surface area contributed by atoms with Gasteiger partial charge in [0.2, 0.25) is 0 Å². The van der Waals surface area contributed by atoms with Gasteiger partial charge in [0.05, 0.1) is 5.52 Å². The van der Waals surface area contributed by atoms with Crippen molar-refractivity contribution in [1.29, 1.82) is 0 Å². The number of aryl methyl sites for hydroxylation is 1. The first-order valence-electron chi connectivity index (χ1n) is 11.8. The topological polar surface area (TPSA) is 28.2 Å². The minimum Gasteiger partial charge on any atom is -0.384 e. The maximum Gasteiger partial charge on any atom is 0.0737 e. The molecule has 1 heterocycles. The third-order valence-corrected chi connectivity index (χ3v) is 6.24. The molecule has 0 bridgehead atoms. The van der Waals surface area contributed by atoms with Crippen LogP contribution in [0.3, 0.4) is 0 Å². The zero-order chi connectivity index (χ0) is 22.9. The summed E-state index contributed by atoms with van der Waals surface area (Å²) in [4.78, 5) is 6.99. The van der Waals surface area contributed by atoms with Crippen LogP contribution in [0.1, 0.15) is 36.5 Å². The highest BCUT2D eigenvalue weighted by Crippen LogP contribution is 2.24. The molecule has 3 nitrogen and oxygen atoms in total. The molecule has 0 aliphatic rings. The van der Waals surface area contributed by atoms with E-state index in [0.717, 1.165) is 67.1 Å². The van der Waals surface area contributed by atoms with Crippen molar-refractivity contribution in [3.63, 3.8) is 0 Å². The monoisotopic (exact) mass is 457 g/mol. The fourth-order valence-electron chi connectivity index (χ4n) is 4.15. The minimum atomic E-state index is 0.718. The number of anilines is 1. The zero-order valence-corrected chi connectivity index (χ0v) is 20.1. The smallest absolute Gasteiger partial charge is 0.0737 e. The van der Waals surface area contributed by atoms with Crippen LogP contribution >= 0.6 is 11.6 Å². The van der Waals surface area contributed by atoms with E-state index in [-0.39, 0.29) is 0 Å². The molecule has 0 unspecified atom stereocenters. The summed E-state index contributed by atoms with van der Waals surface area (Å²) in [6.45, 7) is 6.15. The Morgan fingerprint density at radius 3 is 2.30 bits per heavy atom. The quantitative estimate of drug-likeness (QED) is 0.239.